The minimum atomic E-state index is -1.12. The normalized spacial score (nSPS) is 13.2. The molecule has 0 saturated heterocycles. The van der Waals surface area contributed by atoms with Crippen LogP contribution in [0.5, 0.6) is 0 Å². The number of aryl methyl sites for hydroxylation is 1. The molecule has 10 nitrogen and oxygen atoms in total. The number of benzene rings is 1. The van der Waals surface area contributed by atoms with Gasteiger partial charge in [-0.1, -0.05) is 26.0 Å². The zero-order valence-electron chi connectivity index (χ0n) is 19.8. The summed E-state index contributed by atoms with van der Waals surface area (Å²) in [7, 11) is 0. The molecule has 188 valence electrons. The number of ether oxygens (including phenoxy) is 1. The molecule has 1 aliphatic rings. The van der Waals surface area contributed by atoms with Crippen molar-refractivity contribution in [2.45, 2.75) is 46.1 Å². The fourth-order valence-electron chi connectivity index (χ4n) is 3.69. The average Bonchev–Trinajstić information content (AvgIpc) is 3.55. The molecular weight excluding hydrogens is 504 g/mol. The Morgan fingerprint density at radius 1 is 1.14 bits per heavy atom. The number of hydrogen-bond acceptors (Lipinski definition) is 9. The van der Waals surface area contributed by atoms with E-state index in [1.165, 1.54) is 30.4 Å². The maximum atomic E-state index is 13.1. The molecule has 4 rings (SSSR count). The van der Waals surface area contributed by atoms with E-state index in [9.17, 15) is 24.5 Å². The maximum absolute atomic E-state index is 13.1. The first-order chi connectivity index (χ1) is 17.1. The number of thiophene rings is 1. The third-order valence-electron chi connectivity index (χ3n) is 5.63. The van der Waals surface area contributed by atoms with Crippen LogP contribution in [-0.4, -0.2) is 33.8 Å². The lowest BCUT2D eigenvalue weighted by molar-refractivity contribution is -0.384. The maximum Gasteiger partial charge on any atom is 0.342 e. The number of nitro benzene ring substituents is 1. The Kier molecular flexibility index (Phi) is 7.45. The summed E-state index contributed by atoms with van der Waals surface area (Å²) in [5, 5.41) is 18.9. The molecule has 0 bridgehead atoms. The van der Waals surface area contributed by atoms with Crippen molar-refractivity contribution in [2.24, 2.45) is 5.92 Å². The number of anilines is 2. The molecule has 1 aliphatic carbocycles. The van der Waals surface area contributed by atoms with Crippen molar-refractivity contribution in [1.29, 1.82) is 0 Å². The number of nitro groups is 1. The summed E-state index contributed by atoms with van der Waals surface area (Å²) in [6.45, 7) is 5.00. The molecule has 1 atom stereocenters. The highest BCUT2D eigenvalue weighted by molar-refractivity contribution is 7.17. The van der Waals surface area contributed by atoms with Crippen molar-refractivity contribution in [2.75, 3.05) is 10.6 Å². The molecule has 3 aromatic rings. The van der Waals surface area contributed by atoms with Crippen LogP contribution in [0.3, 0.4) is 0 Å². The topological polar surface area (TPSA) is 141 Å². The smallest absolute Gasteiger partial charge is 0.342 e. The Bertz CT molecular complexity index is 1350. The monoisotopic (exact) mass is 528 g/mol. The first-order valence-corrected chi connectivity index (χ1v) is 13.0. The van der Waals surface area contributed by atoms with Crippen LogP contribution in [-0.2, 0) is 27.2 Å². The molecule has 2 amide bonds. The van der Waals surface area contributed by atoms with Gasteiger partial charge in [0.1, 0.15) is 5.00 Å². The lowest BCUT2D eigenvalue weighted by Crippen LogP contribution is -2.30. The summed E-state index contributed by atoms with van der Waals surface area (Å²) < 4.78 is 5.48. The number of hydrogen-bond donors (Lipinski definition) is 2. The van der Waals surface area contributed by atoms with Gasteiger partial charge in [0.15, 0.2) is 11.2 Å². The van der Waals surface area contributed by atoms with Gasteiger partial charge < -0.3 is 10.1 Å². The van der Waals surface area contributed by atoms with E-state index in [2.05, 4.69) is 15.6 Å². The van der Waals surface area contributed by atoms with Crippen LogP contribution in [0.25, 0.3) is 11.3 Å². The summed E-state index contributed by atoms with van der Waals surface area (Å²) in [6.07, 6.45) is 1.36. The number of fused-ring (bicyclic) bond motifs is 1. The molecule has 0 fully saturated rings. The third-order valence-corrected chi connectivity index (χ3v) is 7.59. The number of non-ortho nitro benzene ring substituents is 1. The Labute approximate surface area is 214 Å². The Morgan fingerprint density at radius 3 is 2.64 bits per heavy atom. The van der Waals surface area contributed by atoms with E-state index in [0.717, 1.165) is 34.6 Å². The zero-order valence-corrected chi connectivity index (χ0v) is 21.5. The van der Waals surface area contributed by atoms with Gasteiger partial charge in [-0.05, 0) is 31.7 Å². The van der Waals surface area contributed by atoms with Gasteiger partial charge in [0.05, 0.1) is 16.2 Å². The van der Waals surface area contributed by atoms with E-state index >= 15 is 0 Å². The second-order valence-corrected chi connectivity index (χ2v) is 10.6. The summed E-state index contributed by atoms with van der Waals surface area (Å²) in [5.74, 6) is -1.67. The molecule has 0 unspecified atom stereocenters. The second-order valence-electron chi connectivity index (χ2n) is 8.59. The van der Waals surface area contributed by atoms with E-state index in [-0.39, 0.29) is 22.6 Å². The minimum Gasteiger partial charge on any atom is -0.449 e. The summed E-state index contributed by atoms with van der Waals surface area (Å²) in [4.78, 5) is 53.9. The lowest BCUT2D eigenvalue weighted by atomic mass is 10.1. The van der Waals surface area contributed by atoms with Crippen LogP contribution >= 0.6 is 22.7 Å². The molecule has 1 aromatic carbocycles. The lowest BCUT2D eigenvalue weighted by Gasteiger charge is -2.14. The van der Waals surface area contributed by atoms with Gasteiger partial charge in [0.2, 0.25) is 5.91 Å². The van der Waals surface area contributed by atoms with Gasteiger partial charge in [-0.3, -0.25) is 25.0 Å². The van der Waals surface area contributed by atoms with Crippen molar-refractivity contribution < 1.29 is 24.0 Å². The molecule has 2 N–H and O–H groups in total. The first-order valence-electron chi connectivity index (χ1n) is 11.3. The van der Waals surface area contributed by atoms with Crippen molar-refractivity contribution in [1.82, 2.24) is 4.98 Å². The second kappa shape index (κ2) is 10.5. The van der Waals surface area contributed by atoms with Crippen LogP contribution in [0, 0.1) is 16.0 Å². The quantitative estimate of drug-likeness (QED) is 0.237. The molecular formula is C24H24N4O6S2. The Morgan fingerprint density at radius 2 is 1.92 bits per heavy atom. The van der Waals surface area contributed by atoms with E-state index < -0.39 is 22.9 Å². The number of esters is 1. The van der Waals surface area contributed by atoms with Gasteiger partial charge in [0, 0.05) is 33.9 Å². The Hall–Kier alpha value is -3.64. The molecule has 0 spiro atoms. The number of aromatic nitrogens is 1. The van der Waals surface area contributed by atoms with Gasteiger partial charge >= 0.3 is 5.97 Å². The number of carbonyl (C=O) groups excluding carboxylic acids is 3. The number of carbonyl (C=O) groups is 3. The highest BCUT2D eigenvalue weighted by atomic mass is 32.1. The van der Waals surface area contributed by atoms with Gasteiger partial charge in [-0.25, -0.2) is 9.78 Å². The standard InChI is InChI=1S/C24H24N4O6S2/c1-12(2)20(29)26-22-19(16-8-5-9-18(16)36-22)23(31)34-13(3)21(30)27-24-25-17(11-35-24)14-6-4-7-15(10-14)28(32)33/h4,6-7,10-13H,5,8-9H2,1-3H3,(H,26,29)(H,25,27,30)/t13-/m0/s1. The van der Waals surface area contributed by atoms with Crippen LogP contribution < -0.4 is 10.6 Å². The number of nitrogens with one attached hydrogen (secondary N) is 2. The van der Waals surface area contributed by atoms with Crippen molar-refractivity contribution in [3.05, 3.63) is 55.8 Å². The molecule has 0 aliphatic heterocycles. The highest BCUT2D eigenvalue weighted by Gasteiger charge is 2.31. The number of thiazole rings is 1. The van der Waals surface area contributed by atoms with Crippen LogP contribution in [0.15, 0.2) is 29.6 Å². The fraction of sp³-hybridized carbons (Fsp3) is 0.333. The predicted molar refractivity (Wildman–Crippen MR) is 138 cm³/mol. The molecule has 0 saturated carbocycles. The van der Waals surface area contributed by atoms with E-state index in [1.807, 2.05) is 0 Å². The summed E-state index contributed by atoms with van der Waals surface area (Å²) in [6, 6.07) is 6.04. The van der Waals surface area contributed by atoms with Gasteiger partial charge in [-0.15, -0.1) is 22.7 Å². The highest BCUT2D eigenvalue weighted by Crippen LogP contribution is 2.40. The first kappa shape index (κ1) is 25.5. The van der Waals surface area contributed by atoms with Crippen molar-refractivity contribution in [3.8, 4) is 11.3 Å². The molecule has 12 heteroatoms. The predicted octanol–water partition coefficient (Wildman–Crippen LogP) is 5.05. The number of nitrogens with zero attached hydrogens (tertiary/aromatic N) is 2. The average molecular weight is 529 g/mol. The van der Waals surface area contributed by atoms with Crippen molar-refractivity contribution in [3.63, 3.8) is 0 Å². The van der Waals surface area contributed by atoms with E-state index in [4.69, 9.17) is 4.74 Å². The van der Waals surface area contributed by atoms with E-state index in [0.29, 0.717) is 28.2 Å². The zero-order chi connectivity index (χ0) is 26.0. The van der Waals surface area contributed by atoms with Crippen LogP contribution in [0.1, 0.15) is 48.0 Å². The molecule has 0 radical (unpaired) electrons. The Balaban J connectivity index is 1.44. The van der Waals surface area contributed by atoms with Crippen molar-refractivity contribution >= 4 is 56.3 Å². The minimum absolute atomic E-state index is 0.0597. The molecule has 2 heterocycles. The van der Waals surface area contributed by atoms with Gasteiger partial charge in [-0.2, -0.15) is 0 Å². The molecule has 2 aromatic heterocycles. The summed E-state index contributed by atoms with van der Waals surface area (Å²) in [5.41, 5.74) is 2.16. The molecule has 36 heavy (non-hydrogen) atoms. The van der Waals surface area contributed by atoms with Gasteiger partial charge in [0.25, 0.3) is 11.6 Å². The number of rotatable bonds is 8. The third kappa shape index (κ3) is 5.44. The number of amides is 2. The van der Waals surface area contributed by atoms with E-state index in [1.54, 1.807) is 31.4 Å². The SMILES string of the molecule is CC(C)C(=O)Nc1sc2c(c1C(=O)O[C@@H](C)C(=O)Nc1nc(-c3cccc([N+](=O)[O-])c3)cs1)CCC2. The fourth-order valence-corrected chi connectivity index (χ4v) is 5.69. The largest absolute Gasteiger partial charge is 0.449 e. The van der Waals surface area contributed by atoms with Crippen LogP contribution in [0.2, 0.25) is 0 Å². The van der Waals surface area contributed by atoms with Crippen LogP contribution in [0.4, 0.5) is 15.8 Å². The summed E-state index contributed by atoms with van der Waals surface area (Å²) >= 11 is 2.53.